The Balaban J connectivity index is 2.51. The first-order chi connectivity index (χ1) is 13.8. The molecule has 0 aromatic carbocycles. The summed E-state index contributed by atoms with van der Waals surface area (Å²) in [6.07, 6.45) is 1.00. The molecule has 0 radical (unpaired) electrons. The molecule has 2 rings (SSSR count). The number of thiophene rings is 1. The third kappa shape index (κ3) is 5.32. The van der Waals surface area contributed by atoms with Gasteiger partial charge in [0.2, 0.25) is 0 Å². The van der Waals surface area contributed by atoms with Gasteiger partial charge in [0.05, 0.1) is 18.2 Å². The summed E-state index contributed by atoms with van der Waals surface area (Å²) in [5, 5.41) is 11.9. The molecule has 0 spiro atoms. The van der Waals surface area contributed by atoms with Gasteiger partial charge in [0.15, 0.2) is 9.92 Å². The second-order valence-electron chi connectivity index (χ2n) is 8.30. The zero-order valence-electron chi connectivity index (χ0n) is 18.4. The second kappa shape index (κ2) is 9.21. The molecule has 0 aliphatic rings. The Kier molecular flexibility index (Phi) is 7.55. The van der Waals surface area contributed by atoms with Crippen LogP contribution in [-0.2, 0) is 26.7 Å². The fourth-order valence-corrected chi connectivity index (χ4v) is 6.01. The lowest BCUT2D eigenvalue weighted by Gasteiger charge is -2.18. The van der Waals surface area contributed by atoms with Crippen LogP contribution < -0.4 is 4.72 Å². The van der Waals surface area contributed by atoms with E-state index in [2.05, 4.69) is 14.1 Å². The largest absolute Gasteiger partial charge is 0.386 e. The SMILES string of the molecule is CNS(=O)(=NC(=O)Cc1c(C(C)C)ncc(F)c1C(C)C)c1cc(C(C)(C)O)cs1. The summed E-state index contributed by atoms with van der Waals surface area (Å²) in [6.45, 7) is 10.8. The molecule has 1 atom stereocenters. The standard InChI is InChI=1S/C21H30FN3O3S2/c1-12(2)19-15(20(13(3)4)24-10-16(19)22)9-17(26)25-30(28,23-7)18-8-14(11-29-18)21(5,6)27/h8,10-13,27H,9H2,1-7H3,(H,23,25,26,28). The molecule has 2 aromatic rings. The smallest absolute Gasteiger partial charge is 0.259 e. The summed E-state index contributed by atoms with van der Waals surface area (Å²) in [7, 11) is -1.76. The van der Waals surface area contributed by atoms with Crippen LogP contribution in [0.3, 0.4) is 0 Å². The van der Waals surface area contributed by atoms with Crippen molar-refractivity contribution in [2.75, 3.05) is 7.05 Å². The van der Waals surface area contributed by atoms with Gasteiger partial charge in [0, 0.05) is 5.69 Å². The average Bonchev–Trinajstić information content (AvgIpc) is 3.12. The van der Waals surface area contributed by atoms with Gasteiger partial charge in [-0.05, 0) is 60.9 Å². The highest BCUT2D eigenvalue weighted by Crippen LogP contribution is 2.31. The minimum atomic E-state index is -3.22. The molecule has 2 aromatic heterocycles. The number of nitrogens with zero attached hydrogens (tertiary/aromatic N) is 2. The highest BCUT2D eigenvalue weighted by atomic mass is 32.2. The molecule has 0 saturated carbocycles. The Hall–Kier alpha value is -1.68. The van der Waals surface area contributed by atoms with Crippen molar-refractivity contribution < 1.29 is 18.5 Å². The summed E-state index contributed by atoms with van der Waals surface area (Å²) < 4.78 is 34.8. The van der Waals surface area contributed by atoms with E-state index < -0.39 is 27.2 Å². The molecular formula is C21H30FN3O3S2. The van der Waals surface area contributed by atoms with Gasteiger partial charge in [0.1, 0.15) is 10.0 Å². The number of nitrogens with one attached hydrogen (secondary N) is 1. The van der Waals surface area contributed by atoms with Gasteiger partial charge < -0.3 is 5.11 Å². The lowest BCUT2D eigenvalue weighted by Crippen LogP contribution is -2.21. The minimum absolute atomic E-state index is 0.00815. The second-order valence-corrected chi connectivity index (χ2v) is 11.6. The van der Waals surface area contributed by atoms with Gasteiger partial charge >= 0.3 is 0 Å². The Labute approximate surface area is 182 Å². The highest BCUT2D eigenvalue weighted by molar-refractivity contribution is 7.94. The van der Waals surface area contributed by atoms with Crippen LogP contribution >= 0.6 is 11.3 Å². The summed E-state index contributed by atoms with van der Waals surface area (Å²) in [5.41, 5.74) is 1.08. The van der Waals surface area contributed by atoms with E-state index in [1.807, 2.05) is 27.7 Å². The van der Waals surface area contributed by atoms with Crippen LogP contribution in [-0.4, -0.2) is 27.3 Å². The molecular weight excluding hydrogens is 425 g/mol. The quantitative estimate of drug-likeness (QED) is 0.644. The maximum atomic E-state index is 14.5. The number of rotatable bonds is 7. The Morgan fingerprint density at radius 1 is 1.33 bits per heavy atom. The van der Waals surface area contributed by atoms with Crippen molar-refractivity contribution in [3.63, 3.8) is 0 Å². The number of halogens is 1. The lowest BCUT2D eigenvalue weighted by molar-refractivity contribution is -0.117. The van der Waals surface area contributed by atoms with Crippen molar-refractivity contribution in [3.8, 4) is 0 Å². The van der Waals surface area contributed by atoms with E-state index in [4.69, 9.17) is 0 Å². The number of hydrogen-bond acceptors (Lipinski definition) is 5. The molecule has 6 nitrogen and oxygen atoms in total. The first kappa shape index (κ1) is 24.6. The molecule has 0 bridgehead atoms. The van der Waals surface area contributed by atoms with Gasteiger partial charge in [0.25, 0.3) is 5.91 Å². The van der Waals surface area contributed by atoms with E-state index >= 15 is 0 Å². The van der Waals surface area contributed by atoms with Crippen molar-refractivity contribution in [1.82, 2.24) is 9.71 Å². The van der Waals surface area contributed by atoms with Crippen LogP contribution in [0.25, 0.3) is 0 Å². The van der Waals surface area contributed by atoms with Crippen LogP contribution in [0.4, 0.5) is 4.39 Å². The van der Waals surface area contributed by atoms with Gasteiger partial charge in [-0.25, -0.2) is 13.3 Å². The van der Waals surface area contributed by atoms with E-state index in [-0.39, 0.29) is 18.3 Å². The van der Waals surface area contributed by atoms with Gasteiger partial charge in [-0.3, -0.25) is 9.78 Å². The molecule has 0 fully saturated rings. The van der Waals surface area contributed by atoms with Crippen LogP contribution in [0.5, 0.6) is 0 Å². The average molecular weight is 456 g/mol. The van der Waals surface area contributed by atoms with Crippen LogP contribution in [0.2, 0.25) is 0 Å². The maximum absolute atomic E-state index is 14.5. The molecule has 2 heterocycles. The summed E-state index contributed by atoms with van der Waals surface area (Å²) in [6, 6.07) is 1.59. The predicted molar refractivity (Wildman–Crippen MR) is 119 cm³/mol. The van der Waals surface area contributed by atoms with E-state index in [0.717, 1.165) is 11.3 Å². The molecule has 30 heavy (non-hydrogen) atoms. The van der Waals surface area contributed by atoms with Crippen molar-refractivity contribution in [1.29, 1.82) is 0 Å². The first-order valence-electron chi connectivity index (χ1n) is 9.77. The number of carbonyl (C=O) groups excluding carboxylic acids is 1. The van der Waals surface area contributed by atoms with E-state index in [9.17, 15) is 18.5 Å². The number of amides is 1. The molecule has 0 aliphatic heterocycles. The molecule has 1 amide bonds. The summed E-state index contributed by atoms with van der Waals surface area (Å²) in [5.74, 6) is -1.23. The van der Waals surface area contributed by atoms with E-state index in [1.165, 1.54) is 13.2 Å². The number of aliphatic hydroxyl groups is 1. The third-order valence-electron chi connectivity index (χ3n) is 4.72. The zero-order valence-corrected chi connectivity index (χ0v) is 20.1. The Morgan fingerprint density at radius 3 is 2.43 bits per heavy atom. The maximum Gasteiger partial charge on any atom is 0.259 e. The molecule has 9 heteroatoms. The summed E-state index contributed by atoms with van der Waals surface area (Å²) >= 11 is 1.16. The zero-order chi connectivity index (χ0) is 22.9. The first-order valence-corrected chi connectivity index (χ1v) is 12.2. The topological polar surface area (TPSA) is 91.7 Å². The third-order valence-corrected chi connectivity index (χ3v) is 8.09. The molecule has 0 aliphatic carbocycles. The lowest BCUT2D eigenvalue weighted by atomic mass is 9.90. The normalized spacial score (nSPS) is 14.2. The summed E-state index contributed by atoms with van der Waals surface area (Å²) in [4.78, 5) is 17.0. The molecule has 166 valence electrons. The minimum Gasteiger partial charge on any atom is -0.386 e. The molecule has 0 saturated heterocycles. The number of hydrogen-bond donors (Lipinski definition) is 2. The monoisotopic (exact) mass is 455 g/mol. The van der Waals surface area contributed by atoms with Crippen molar-refractivity contribution in [3.05, 3.63) is 45.8 Å². The fraction of sp³-hybridized carbons (Fsp3) is 0.524. The van der Waals surface area contributed by atoms with Gasteiger partial charge in [-0.1, -0.05) is 27.7 Å². The number of carbonyl (C=O) groups is 1. The van der Waals surface area contributed by atoms with E-state index in [1.54, 1.807) is 25.3 Å². The van der Waals surface area contributed by atoms with E-state index in [0.29, 0.717) is 26.6 Å². The fourth-order valence-electron chi connectivity index (χ4n) is 3.16. The Morgan fingerprint density at radius 2 is 1.97 bits per heavy atom. The van der Waals surface area contributed by atoms with Crippen LogP contribution in [0.1, 0.15) is 75.8 Å². The molecule has 2 N–H and O–H groups in total. The number of pyridine rings is 1. The van der Waals surface area contributed by atoms with Crippen LogP contribution in [0, 0.1) is 5.82 Å². The van der Waals surface area contributed by atoms with Crippen LogP contribution in [0.15, 0.2) is 26.2 Å². The Bertz CT molecular complexity index is 1050. The van der Waals surface area contributed by atoms with Crippen molar-refractivity contribution >= 4 is 27.2 Å². The van der Waals surface area contributed by atoms with Crippen molar-refractivity contribution in [2.24, 2.45) is 4.36 Å². The highest BCUT2D eigenvalue weighted by Gasteiger charge is 2.25. The van der Waals surface area contributed by atoms with Gasteiger partial charge in [-0.2, -0.15) is 0 Å². The molecule has 1 unspecified atom stereocenters. The number of aromatic nitrogens is 1. The predicted octanol–water partition coefficient (Wildman–Crippen LogP) is 4.49. The van der Waals surface area contributed by atoms with Gasteiger partial charge in [-0.15, -0.1) is 15.7 Å². The van der Waals surface area contributed by atoms with Crippen molar-refractivity contribution in [2.45, 2.75) is 69.6 Å².